The highest BCUT2D eigenvalue weighted by Gasteiger charge is 2.47. The Morgan fingerprint density at radius 2 is 1.07 bits per heavy atom. The second kappa shape index (κ2) is 51.0. The maximum atomic E-state index is 14.8. The fraction of sp³-hybridized carbons (Fsp3) is 0.505. The summed E-state index contributed by atoms with van der Waals surface area (Å²) in [5.41, 5.74) is 25.4. The predicted octanol–water partition coefficient (Wildman–Crippen LogP) is 6.30. The van der Waals surface area contributed by atoms with Crippen molar-refractivity contribution in [3.63, 3.8) is 0 Å². The normalized spacial score (nSPS) is 15.4. The van der Waals surface area contributed by atoms with Crippen LogP contribution >= 0.6 is 32.9 Å². The van der Waals surface area contributed by atoms with Gasteiger partial charge in [-0.15, -0.1) is 11.3 Å². The van der Waals surface area contributed by atoms with E-state index in [4.69, 9.17) is 39.2 Å². The molecular formula is C91H131N22O21S8+. The number of hydrogen-bond donors (Lipinski definition) is 22. The molecule has 51 heteroatoms. The fourth-order valence-electron chi connectivity index (χ4n) is 16.7. The molecule has 142 heavy (non-hydrogen) atoms. The number of guanidine groups is 3. The summed E-state index contributed by atoms with van der Waals surface area (Å²) in [4.78, 5) is 103. The van der Waals surface area contributed by atoms with Crippen LogP contribution in [0.3, 0.4) is 0 Å². The molecule has 2 aliphatic rings. The van der Waals surface area contributed by atoms with Crippen molar-refractivity contribution in [2.45, 2.75) is 237 Å². The second-order valence-corrected chi connectivity index (χ2v) is 48.9. The molecule has 0 saturated carbocycles. The van der Waals surface area contributed by atoms with Gasteiger partial charge in [0.15, 0.2) is 38.4 Å². The Balaban J connectivity index is 0.874. The summed E-state index contributed by atoms with van der Waals surface area (Å²) in [5.74, 6) is -7.14. The van der Waals surface area contributed by atoms with E-state index in [0.29, 0.717) is 114 Å². The minimum Gasteiger partial charge on any atom is -0.370 e. The summed E-state index contributed by atoms with van der Waals surface area (Å²) in [6, 6.07) is 8.96. The van der Waals surface area contributed by atoms with Gasteiger partial charge in [0, 0.05) is 107 Å². The Morgan fingerprint density at radius 3 is 1.60 bits per heavy atom. The SMILES string of the molecule is CC[N+]1=C(/C=C/C=C/C=C2/N(CCCCCCCC(=O)NCCS(=O)(=O)CCNCCCC[C@H](NC(=O)[C@H](CCCNC(=N)N)NC(=O)[C@H](CCCNC(=N)N)NC(=O)[C@@H](NC(=O)[C@H](CCCNC(=N)N)NC(=O)[C@@H](N)CSSC(C)(C)C)C(C)C)C(=O)Nc3ccc4nc(C#N)sc4c3)c3ccc4c(S(=O)(=O)O)cc(S(=O)(=O)O)cc4c3C2(C)C)C(C)(C)c2c1ccc1c(S(=O)(=O)O)cc(S(=O)(=O)O)cc21. The van der Waals surface area contributed by atoms with E-state index in [1.54, 1.807) is 62.4 Å². The number of benzene rings is 5. The maximum absolute atomic E-state index is 14.8. The lowest BCUT2D eigenvalue weighted by Gasteiger charge is -2.29. The van der Waals surface area contributed by atoms with Gasteiger partial charge in [-0.3, -0.25) is 68.0 Å². The lowest BCUT2D eigenvalue weighted by Crippen LogP contribution is -2.60. The van der Waals surface area contributed by atoms with Gasteiger partial charge < -0.3 is 86.3 Å². The van der Waals surface area contributed by atoms with Crippen LogP contribution in [0.2, 0.25) is 0 Å². The summed E-state index contributed by atoms with van der Waals surface area (Å²) in [7, 11) is -20.9. The number of carbonyl (C=O) groups excluding carboxylic acids is 7. The number of fused-ring (bicyclic) bond motifs is 7. The van der Waals surface area contributed by atoms with Crippen molar-refractivity contribution in [2.75, 3.05) is 79.8 Å². The van der Waals surface area contributed by atoms with Gasteiger partial charge >= 0.3 is 0 Å². The third kappa shape index (κ3) is 33.3. The Bertz CT molecular complexity index is 6500. The number of rotatable bonds is 55. The van der Waals surface area contributed by atoms with Gasteiger partial charge in [-0.05, 0) is 181 Å². The number of nitrogens with zero attached hydrogens (tertiary/aromatic N) is 4. The van der Waals surface area contributed by atoms with Crippen molar-refractivity contribution in [3.8, 4) is 6.07 Å². The van der Waals surface area contributed by atoms with Crippen molar-refractivity contribution in [1.82, 2.24) is 58.2 Å². The number of anilines is 2. The molecule has 0 saturated heterocycles. The number of nitrogens with two attached hydrogens (primary N) is 4. The third-order valence-corrected chi connectivity index (χ3v) is 33.0. The van der Waals surface area contributed by atoms with E-state index in [-0.39, 0.29) is 169 Å². The van der Waals surface area contributed by atoms with E-state index < -0.39 is 158 Å². The topological polar surface area (TPSA) is 722 Å². The molecule has 0 unspecified atom stereocenters. The average molecular weight is 2130 g/mol. The van der Waals surface area contributed by atoms with Crippen LogP contribution in [0.25, 0.3) is 31.8 Å². The average Bonchev–Trinajstić information content (AvgIpc) is 1.55. The molecule has 6 atom stereocenters. The summed E-state index contributed by atoms with van der Waals surface area (Å²) in [6.45, 7) is 19.7. The minimum atomic E-state index is -5.06. The minimum absolute atomic E-state index is 0.00380. The van der Waals surface area contributed by atoms with E-state index >= 15 is 0 Å². The van der Waals surface area contributed by atoms with Crippen LogP contribution in [0.5, 0.6) is 0 Å². The molecule has 6 aromatic rings. The molecule has 26 N–H and O–H groups in total. The van der Waals surface area contributed by atoms with Crippen LogP contribution in [0.15, 0.2) is 122 Å². The van der Waals surface area contributed by atoms with Gasteiger partial charge in [0.25, 0.3) is 40.5 Å². The number of aromatic nitrogens is 1. The quantitative estimate of drug-likeness (QED) is 0.00379. The number of hydrogen-bond acceptors (Lipinski definition) is 28. The van der Waals surface area contributed by atoms with Gasteiger partial charge in [-0.1, -0.05) is 114 Å². The van der Waals surface area contributed by atoms with Crippen LogP contribution in [0.1, 0.15) is 182 Å². The first-order valence-corrected chi connectivity index (χ1v) is 56.8. The molecule has 778 valence electrons. The lowest BCUT2D eigenvalue weighted by molar-refractivity contribution is -0.433. The lowest BCUT2D eigenvalue weighted by atomic mass is 9.79. The first-order valence-electron chi connectivity index (χ1n) is 46.1. The third-order valence-electron chi connectivity index (χ3n) is 23.6. The van der Waals surface area contributed by atoms with Crippen molar-refractivity contribution in [1.29, 1.82) is 21.5 Å². The zero-order valence-corrected chi connectivity index (χ0v) is 87.3. The first kappa shape index (κ1) is 116. The number of carbonyl (C=O) groups is 7. The zero-order valence-electron chi connectivity index (χ0n) is 80.8. The van der Waals surface area contributed by atoms with Gasteiger partial charge in [-0.25, -0.2) is 13.4 Å². The molecule has 5 aromatic carbocycles. The van der Waals surface area contributed by atoms with E-state index in [2.05, 4.69) is 63.5 Å². The number of unbranched alkanes of at least 4 members (excludes halogenated alkanes) is 5. The Kier molecular flexibility index (Phi) is 41.7. The highest BCUT2D eigenvalue weighted by molar-refractivity contribution is 8.77. The van der Waals surface area contributed by atoms with Crippen molar-refractivity contribution >= 4 is 197 Å². The van der Waals surface area contributed by atoms with Crippen molar-refractivity contribution < 1.29 is 98.4 Å². The molecule has 7 amide bonds. The number of nitrogens with one attached hydrogen (secondary N) is 14. The van der Waals surface area contributed by atoms with Gasteiger partial charge in [0.2, 0.25) is 47.0 Å². The summed E-state index contributed by atoms with van der Waals surface area (Å²) in [6.07, 6.45) is 12.8. The molecule has 8 rings (SSSR count). The van der Waals surface area contributed by atoms with E-state index in [1.165, 1.54) is 33.7 Å². The highest BCUT2D eigenvalue weighted by atomic mass is 33.1. The molecule has 1 aromatic heterocycles. The van der Waals surface area contributed by atoms with Crippen LogP contribution < -0.4 is 86.3 Å². The molecule has 0 radical (unpaired) electrons. The van der Waals surface area contributed by atoms with Crippen LogP contribution in [-0.4, -0.2) is 245 Å². The molecule has 43 nitrogen and oxygen atoms in total. The number of allylic oxidation sites excluding steroid dienone is 6. The zero-order chi connectivity index (χ0) is 105. The van der Waals surface area contributed by atoms with E-state index in [9.17, 15) is 99.1 Å². The van der Waals surface area contributed by atoms with Crippen molar-refractivity contribution in [3.05, 3.63) is 119 Å². The first-order chi connectivity index (χ1) is 66.4. The van der Waals surface area contributed by atoms with Crippen molar-refractivity contribution in [2.24, 2.45) is 28.9 Å². The number of amides is 7. The van der Waals surface area contributed by atoms with Crippen LogP contribution in [-0.2, 0) is 94.7 Å². The molecule has 0 spiro atoms. The Hall–Kier alpha value is -11.0. The van der Waals surface area contributed by atoms with Gasteiger partial charge in [0.1, 0.15) is 52.6 Å². The number of nitriles is 1. The monoisotopic (exact) mass is 2120 g/mol. The molecule has 0 bridgehead atoms. The predicted molar refractivity (Wildman–Crippen MR) is 551 cm³/mol. The largest absolute Gasteiger partial charge is 0.370 e. The maximum Gasteiger partial charge on any atom is 0.295 e. The van der Waals surface area contributed by atoms with Crippen LogP contribution in [0.4, 0.5) is 17.1 Å². The van der Waals surface area contributed by atoms with Crippen LogP contribution in [0, 0.1) is 33.5 Å². The smallest absolute Gasteiger partial charge is 0.295 e. The van der Waals surface area contributed by atoms with E-state index in [1.807, 2.05) is 83.1 Å². The molecule has 0 aliphatic carbocycles. The highest BCUT2D eigenvalue weighted by Crippen LogP contribution is 2.53. The van der Waals surface area contributed by atoms with E-state index in [0.717, 1.165) is 23.5 Å². The second-order valence-electron chi connectivity index (χ2n) is 36.8. The standard InChI is InChI=1S/C91H130N22O21S8/c1-11-112-68-36-33-58-60(48-56(139(123,124)125)50-71(58)141(129,130)131)77(68)90(7,8)73(112)29-16-15-17-30-74-91(9,10)78-61-49-57(140(126,127)128)51-72(142(132,133)134)59(61)34-37-69(78)113(74)44-21-14-12-13-18-31-75(114)101-43-46-138(121,122)45-42-100-38-20-19-25-64(81(116)105-55-32-35-63-70(47-55)136-76(52-92)106-63)108-82(117)65(26-22-39-102-86(94)95)109-83(118)66(27-23-40-103-87(96)97)110-85(120)79(54(2)3)111-84(119)67(28-24-41-104-88(98)99)107-80(115)62(93)53-135-137-89(4,5)6/h15-17,29-30,32-37,47-51,54,62,64-67,79,100H,11-14,18-28,31,38-46,53,93H2,1-10H3,(H22-,94,95,96,97,98,99,101,102,103,104,105,107,108,109,110,111,114,115,116,117,118,119,120,123,124,125,126,127,128,129,130,131,132,133,134)/p+1/t62-,64-,65-,66-,67-,79-/m0/s1. The van der Waals surface area contributed by atoms with Gasteiger partial charge in [-0.2, -0.15) is 43.5 Å². The summed E-state index contributed by atoms with van der Waals surface area (Å²) in [5, 5.41) is 63.4. The Morgan fingerprint density at radius 1 is 0.563 bits per heavy atom. The Labute approximate surface area is 839 Å². The summed E-state index contributed by atoms with van der Waals surface area (Å²) >= 11 is 1.09. The number of thiazole rings is 1. The molecule has 3 heterocycles. The molecule has 2 aliphatic heterocycles. The summed E-state index contributed by atoms with van der Waals surface area (Å²) < 4.78 is 172. The fourth-order valence-corrected chi connectivity index (χ4v) is 23.7. The molecule has 0 fully saturated rings. The van der Waals surface area contributed by atoms with Gasteiger partial charge in [0.05, 0.1) is 43.0 Å². The molecular weight excluding hydrogens is 1990 g/mol. The number of sulfone groups is 1.